The third-order valence-corrected chi connectivity index (χ3v) is 3.33. The van der Waals surface area contributed by atoms with Crippen LogP contribution in [-0.2, 0) is 4.79 Å². The molecule has 0 unspecified atom stereocenters. The van der Waals surface area contributed by atoms with E-state index in [2.05, 4.69) is 5.32 Å². The first-order valence-corrected chi connectivity index (χ1v) is 7.36. The number of carbonyl (C=O) groups is 1. The average molecular weight is 340 g/mol. The van der Waals surface area contributed by atoms with Crippen molar-refractivity contribution in [2.24, 2.45) is 0 Å². The zero-order valence-electron chi connectivity index (χ0n) is 11.9. The summed E-state index contributed by atoms with van der Waals surface area (Å²) in [6.07, 6.45) is 0.207. The monoisotopic (exact) mass is 339 g/mol. The Morgan fingerprint density at radius 3 is 2.45 bits per heavy atom. The van der Waals surface area contributed by atoms with E-state index in [9.17, 15) is 4.79 Å². The zero-order chi connectivity index (χ0) is 15.9. The minimum atomic E-state index is -0.186. The molecule has 0 fully saturated rings. The van der Waals surface area contributed by atoms with E-state index in [1.165, 1.54) is 7.11 Å². The maximum atomic E-state index is 11.9. The number of hydrogen-bond donors (Lipinski definition) is 1. The van der Waals surface area contributed by atoms with Gasteiger partial charge < -0.3 is 14.8 Å². The van der Waals surface area contributed by atoms with Gasteiger partial charge in [-0.25, -0.2) is 0 Å². The first-order valence-electron chi connectivity index (χ1n) is 6.60. The van der Waals surface area contributed by atoms with Gasteiger partial charge in [0.2, 0.25) is 5.91 Å². The third-order valence-electron chi connectivity index (χ3n) is 2.85. The molecule has 1 amide bonds. The Hall–Kier alpha value is -1.91. The molecular formula is C16H15Cl2NO3. The zero-order valence-corrected chi connectivity index (χ0v) is 13.4. The maximum absolute atomic E-state index is 11.9. The highest BCUT2D eigenvalue weighted by Gasteiger charge is 2.08. The lowest BCUT2D eigenvalue weighted by Crippen LogP contribution is -2.15. The molecule has 0 atom stereocenters. The Bertz CT molecular complexity index is 644. The highest BCUT2D eigenvalue weighted by atomic mass is 35.5. The maximum Gasteiger partial charge on any atom is 0.227 e. The molecule has 0 saturated carbocycles. The molecule has 0 bridgehead atoms. The fourth-order valence-electron chi connectivity index (χ4n) is 1.78. The van der Waals surface area contributed by atoms with E-state index in [4.69, 9.17) is 32.7 Å². The quantitative estimate of drug-likeness (QED) is 0.847. The summed E-state index contributed by atoms with van der Waals surface area (Å²) in [7, 11) is 1.53. The van der Waals surface area contributed by atoms with Crippen LogP contribution in [0.2, 0.25) is 10.0 Å². The van der Waals surface area contributed by atoms with Crippen LogP contribution in [0.3, 0.4) is 0 Å². The molecule has 2 aromatic carbocycles. The molecule has 2 rings (SSSR count). The van der Waals surface area contributed by atoms with E-state index in [1.54, 1.807) is 42.5 Å². The smallest absolute Gasteiger partial charge is 0.227 e. The summed E-state index contributed by atoms with van der Waals surface area (Å²) in [5.41, 5.74) is 0.534. The van der Waals surface area contributed by atoms with Gasteiger partial charge in [-0.3, -0.25) is 4.79 Å². The summed E-state index contributed by atoms with van der Waals surface area (Å²) in [6.45, 7) is 0.260. The van der Waals surface area contributed by atoms with Crippen LogP contribution in [0.1, 0.15) is 6.42 Å². The molecular weight excluding hydrogens is 325 g/mol. The molecule has 0 aliphatic carbocycles. The van der Waals surface area contributed by atoms with Crippen molar-refractivity contribution in [2.45, 2.75) is 6.42 Å². The highest BCUT2D eigenvalue weighted by Crippen LogP contribution is 2.27. The highest BCUT2D eigenvalue weighted by molar-refractivity contribution is 6.31. The number of rotatable bonds is 6. The molecule has 0 aliphatic rings. The Labute approximate surface area is 138 Å². The van der Waals surface area contributed by atoms with Gasteiger partial charge in [0, 0.05) is 10.0 Å². The first kappa shape index (κ1) is 16.5. The number of ether oxygens (including phenoxy) is 2. The van der Waals surface area contributed by atoms with Crippen LogP contribution in [0, 0.1) is 0 Å². The number of amides is 1. The topological polar surface area (TPSA) is 47.6 Å². The van der Waals surface area contributed by atoms with Crippen LogP contribution in [-0.4, -0.2) is 19.6 Å². The van der Waals surface area contributed by atoms with Crippen molar-refractivity contribution in [2.75, 3.05) is 19.0 Å². The first-order chi connectivity index (χ1) is 10.6. The average Bonchev–Trinajstić information content (AvgIpc) is 2.49. The molecule has 0 heterocycles. The van der Waals surface area contributed by atoms with Gasteiger partial charge in [0.05, 0.1) is 25.8 Å². The van der Waals surface area contributed by atoms with Crippen molar-refractivity contribution in [1.29, 1.82) is 0 Å². The van der Waals surface area contributed by atoms with E-state index in [0.29, 0.717) is 27.2 Å². The van der Waals surface area contributed by atoms with E-state index in [-0.39, 0.29) is 18.9 Å². The summed E-state index contributed by atoms with van der Waals surface area (Å²) in [5.74, 6) is 1.03. The number of halogens is 2. The van der Waals surface area contributed by atoms with Gasteiger partial charge in [0.1, 0.15) is 11.5 Å². The molecule has 0 aromatic heterocycles. The minimum absolute atomic E-state index is 0.186. The second-order valence-electron chi connectivity index (χ2n) is 4.45. The van der Waals surface area contributed by atoms with Crippen molar-refractivity contribution in [3.8, 4) is 11.5 Å². The van der Waals surface area contributed by atoms with Crippen LogP contribution in [0.15, 0.2) is 42.5 Å². The second-order valence-corrected chi connectivity index (χ2v) is 5.32. The van der Waals surface area contributed by atoms with Crippen LogP contribution in [0.25, 0.3) is 0 Å². The van der Waals surface area contributed by atoms with Crippen LogP contribution < -0.4 is 14.8 Å². The van der Waals surface area contributed by atoms with Crippen LogP contribution >= 0.6 is 23.2 Å². The predicted octanol–water partition coefficient (Wildman–Crippen LogP) is 4.41. The van der Waals surface area contributed by atoms with E-state index in [0.717, 1.165) is 0 Å². The molecule has 22 heavy (non-hydrogen) atoms. The third kappa shape index (κ3) is 4.83. The van der Waals surface area contributed by atoms with Gasteiger partial charge in [-0.2, -0.15) is 0 Å². The summed E-state index contributed by atoms with van der Waals surface area (Å²) in [4.78, 5) is 11.9. The largest absolute Gasteiger partial charge is 0.495 e. The fraction of sp³-hybridized carbons (Fsp3) is 0.188. The van der Waals surface area contributed by atoms with Gasteiger partial charge in [0.25, 0.3) is 0 Å². The lowest BCUT2D eigenvalue weighted by molar-refractivity contribution is -0.116. The molecule has 0 aliphatic heterocycles. The molecule has 1 N–H and O–H groups in total. The molecule has 6 heteroatoms. The Balaban J connectivity index is 1.85. The summed E-state index contributed by atoms with van der Waals surface area (Å²) in [5, 5.41) is 3.91. The Morgan fingerprint density at radius 2 is 1.77 bits per heavy atom. The number of carbonyl (C=O) groups excluding carboxylic acids is 1. The van der Waals surface area contributed by atoms with Crippen LogP contribution in [0.4, 0.5) is 5.69 Å². The standard InChI is InChI=1S/C16H15Cl2NO3/c1-21-15-7-4-12(18)10-14(15)19-16(20)8-9-22-13-5-2-11(17)3-6-13/h2-7,10H,8-9H2,1H3,(H,19,20). The molecule has 2 aromatic rings. The predicted molar refractivity (Wildman–Crippen MR) is 88.2 cm³/mol. The molecule has 0 radical (unpaired) electrons. The van der Waals surface area contributed by atoms with Crippen molar-refractivity contribution in [3.63, 3.8) is 0 Å². The second kappa shape index (κ2) is 7.92. The van der Waals surface area contributed by atoms with Gasteiger partial charge in [-0.1, -0.05) is 23.2 Å². The van der Waals surface area contributed by atoms with Crippen molar-refractivity contribution in [1.82, 2.24) is 0 Å². The Morgan fingerprint density at radius 1 is 1.09 bits per heavy atom. The number of hydrogen-bond acceptors (Lipinski definition) is 3. The summed E-state index contributed by atoms with van der Waals surface area (Å²) in [6, 6.07) is 12.0. The van der Waals surface area contributed by atoms with Gasteiger partial charge in [-0.05, 0) is 42.5 Å². The normalized spacial score (nSPS) is 10.1. The lowest BCUT2D eigenvalue weighted by Gasteiger charge is -2.11. The number of methoxy groups -OCH3 is 1. The lowest BCUT2D eigenvalue weighted by atomic mass is 10.2. The van der Waals surface area contributed by atoms with Gasteiger partial charge >= 0.3 is 0 Å². The van der Waals surface area contributed by atoms with E-state index < -0.39 is 0 Å². The number of benzene rings is 2. The molecule has 116 valence electrons. The number of anilines is 1. The van der Waals surface area contributed by atoms with Gasteiger partial charge in [-0.15, -0.1) is 0 Å². The Kier molecular flexibility index (Phi) is 5.92. The number of nitrogens with one attached hydrogen (secondary N) is 1. The molecule has 0 spiro atoms. The SMILES string of the molecule is COc1ccc(Cl)cc1NC(=O)CCOc1ccc(Cl)cc1. The summed E-state index contributed by atoms with van der Waals surface area (Å²) < 4.78 is 10.6. The minimum Gasteiger partial charge on any atom is -0.495 e. The molecule has 0 saturated heterocycles. The van der Waals surface area contributed by atoms with Crippen molar-refractivity contribution in [3.05, 3.63) is 52.5 Å². The van der Waals surface area contributed by atoms with Crippen LogP contribution in [0.5, 0.6) is 11.5 Å². The molecule has 4 nitrogen and oxygen atoms in total. The van der Waals surface area contributed by atoms with Crippen molar-refractivity contribution >= 4 is 34.8 Å². The summed E-state index contributed by atoms with van der Waals surface area (Å²) >= 11 is 11.7. The van der Waals surface area contributed by atoms with Crippen molar-refractivity contribution < 1.29 is 14.3 Å². The van der Waals surface area contributed by atoms with E-state index >= 15 is 0 Å². The van der Waals surface area contributed by atoms with Gasteiger partial charge in [0.15, 0.2) is 0 Å². The van der Waals surface area contributed by atoms with E-state index in [1.807, 2.05) is 0 Å². The fourth-order valence-corrected chi connectivity index (χ4v) is 2.08.